The van der Waals surface area contributed by atoms with E-state index in [9.17, 15) is 14.3 Å². The van der Waals surface area contributed by atoms with Crippen LogP contribution in [-0.4, -0.2) is 54.9 Å². The Kier molecular flexibility index (Phi) is 5.36. The molecule has 0 unspecified atom stereocenters. The van der Waals surface area contributed by atoms with E-state index in [4.69, 9.17) is 9.47 Å². The molecular formula is C18H24FNO4. The molecule has 0 bridgehead atoms. The molecule has 3 rings (SSSR count). The van der Waals surface area contributed by atoms with E-state index in [1.165, 1.54) is 25.3 Å². The average molecular weight is 337 g/mol. The second kappa shape index (κ2) is 7.49. The topological polar surface area (TPSA) is 59.0 Å². The fourth-order valence-corrected chi connectivity index (χ4v) is 3.85. The van der Waals surface area contributed by atoms with Crippen LogP contribution in [0.1, 0.15) is 24.8 Å². The van der Waals surface area contributed by atoms with Crippen LogP contribution in [0.15, 0.2) is 18.2 Å². The van der Waals surface area contributed by atoms with Crippen molar-refractivity contribution in [1.29, 1.82) is 0 Å². The van der Waals surface area contributed by atoms with Crippen molar-refractivity contribution in [2.24, 2.45) is 5.92 Å². The van der Waals surface area contributed by atoms with Gasteiger partial charge in [-0.25, -0.2) is 4.39 Å². The lowest BCUT2D eigenvalue weighted by molar-refractivity contribution is -0.143. The maximum absolute atomic E-state index is 13.5. The average Bonchev–Trinajstić information content (AvgIpc) is 3.01. The van der Waals surface area contributed by atoms with Crippen LogP contribution in [0.4, 0.5) is 4.39 Å². The SMILES string of the molecule is COc1ccc(F)cc1CC(=O)N1CCOC[C@@H]1[C@@H]1CCC[C@H]1O. The number of aliphatic hydroxyl groups excluding tert-OH is 1. The van der Waals surface area contributed by atoms with E-state index >= 15 is 0 Å². The maximum Gasteiger partial charge on any atom is 0.227 e. The minimum atomic E-state index is -0.386. The third-order valence-electron chi connectivity index (χ3n) is 5.10. The lowest BCUT2D eigenvalue weighted by atomic mass is 9.93. The van der Waals surface area contributed by atoms with Gasteiger partial charge in [0.15, 0.2) is 0 Å². The molecule has 1 aliphatic carbocycles. The number of amides is 1. The lowest BCUT2D eigenvalue weighted by Gasteiger charge is -2.40. The molecule has 5 nitrogen and oxygen atoms in total. The van der Waals surface area contributed by atoms with Gasteiger partial charge < -0.3 is 19.5 Å². The lowest BCUT2D eigenvalue weighted by Crippen LogP contribution is -2.54. The Morgan fingerprint density at radius 3 is 3.00 bits per heavy atom. The zero-order valence-corrected chi connectivity index (χ0v) is 13.9. The van der Waals surface area contributed by atoms with Gasteiger partial charge in [-0.3, -0.25) is 4.79 Å². The predicted molar refractivity (Wildman–Crippen MR) is 86.3 cm³/mol. The van der Waals surface area contributed by atoms with Crippen LogP contribution >= 0.6 is 0 Å². The summed E-state index contributed by atoms with van der Waals surface area (Å²) < 4.78 is 24.3. The number of carbonyl (C=O) groups is 1. The fraction of sp³-hybridized carbons (Fsp3) is 0.611. The first-order chi connectivity index (χ1) is 11.6. The summed E-state index contributed by atoms with van der Waals surface area (Å²) in [6.45, 7) is 1.45. The smallest absolute Gasteiger partial charge is 0.227 e. The molecule has 1 aromatic rings. The van der Waals surface area contributed by atoms with Gasteiger partial charge in [-0.1, -0.05) is 6.42 Å². The fourth-order valence-electron chi connectivity index (χ4n) is 3.85. The standard InChI is InChI=1S/C18H24FNO4/c1-23-17-6-5-13(19)9-12(17)10-18(22)20-7-8-24-11-15(20)14-3-2-4-16(14)21/h5-6,9,14-16,21H,2-4,7-8,10-11H2,1H3/t14-,15+,16+/m0/s1. The Balaban J connectivity index is 1.76. The van der Waals surface area contributed by atoms with Crippen molar-refractivity contribution in [3.8, 4) is 5.75 Å². The summed E-state index contributed by atoms with van der Waals surface area (Å²) in [5.41, 5.74) is 0.541. The highest BCUT2D eigenvalue weighted by Gasteiger charge is 2.39. The number of halogens is 1. The largest absolute Gasteiger partial charge is 0.496 e. The molecule has 132 valence electrons. The third kappa shape index (κ3) is 3.54. The quantitative estimate of drug-likeness (QED) is 0.910. The first-order valence-electron chi connectivity index (χ1n) is 8.48. The number of hydrogen-bond acceptors (Lipinski definition) is 4. The predicted octanol–water partition coefficient (Wildman–Crippen LogP) is 1.77. The summed E-state index contributed by atoms with van der Waals surface area (Å²) >= 11 is 0. The van der Waals surface area contributed by atoms with Crippen LogP contribution in [-0.2, 0) is 16.0 Å². The molecule has 0 spiro atoms. The van der Waals surface area contributed by atoms with Crippen LogP contribution in [0.5, 0.6) is 5.75 Å². The summed E-state index contributed by atoms with van der Waals surface area (Å²) in [6, 6.07) is 4.09. The zero-order chi connectivity index (χ0) is 17.1. The molecule has 1 N–H and O–H groups in total. The molecule has 1 aliphatic heterocycles. The number of hydrogen-bond donors (Lipinski definition) is 1. The molecule has 24 heavy (non-hydrogen) atoms. The Bertz CT molecular complexity index is 594. The molecule has 1 saturated heterocycles. The van der Waals surface area contributed by atoms with Crippen molar-refractivity contribution < 1.29 is 23.8 Å². The minimum Gasteiger partial charge on any atom is -0.496 e. The molecule has 1 amide bonds. The van der Waals surface area contributed by atoms with Crippen LogP contribution in [0.2, 0.25) is 0 Å². The van der Waals surface area contributed by atoms with E-state index in [-0.39, 0.29) is 36.2 Å². The highest BCUT2D eigenvalue weighted by atomic mass is 19.1. The molecule has 0 aromatic heterocycles. The Hall–Kier alpha value is -1.66. The van der Waals surface area contributed by atoms with Gasteiger partial charge in [0, 0.05) is 18.0 Å². The maximum atomic E-state index is 13.5. The van der Waals surface area contributed by atoms with E-state index in [0.29, 0.717) is 31.1 Å². The van der Waals surface area contributed by atoms with Crippen LogP contribution in [0.25, 0.3) is 0 Å². The molecule has 1 aromatic carbocycles. The van der Waals surface area contributed by atoms with Crippen LogP contribution in [0.3, 0.4) is 0 Å². The first-order valence-corrected chi connectivity index (χ1v) is 8.48. The molecule has 6 heteroatoms. The van der Waals surface area contributed by atoms with Crippen molar-refractivity contribution >= 4 is 5.91 Å². The first kappa shape index (κ1) is 17.2. The van der Waals surface area contributed by atoms with Crippen molar-refractivity contribution in [2.45, 2.75) is 37.8 Å². The normalized spacial score (nSPS) is 27.3. The summed E-state index contributed by atoms with van der Waals surface area (Å²) in [5.74, 6) is 0.105. The number of nitrogens with zero attached hydrogens (tertiary/aromatic N) is 1. The molecule has 2 fully saturated rings. The second-order valence-corrected chi connectivity index (χ2v) is 6.52. The minimum absolute atomic E-state index is 0.0589. The van der Waals surface area contributed by atoms with Gasteiger partial charge in [-0.15, -0.1) is 0 Å². The number of carbonyl (C=O) groups excluding carboxylic acids is 1. The van der Waals surface area contributed by atoms with E-state index in [2.05, 4.69) is 0 Å². The molecule has 0 radical (unpaired) electrons. The highest BCUT2D eigenvalue weighted by molar-refractivity contribution is 5.80. The summed E-state index contributed by atoms with van der Waals surface area (Å²) in [5, 5.41) is 10.2. The Morgan fingerprint density at radius 2 is 2.29 bits per heavy atom. The van der Waals surface area contributed by atoms with Gasteiger partial charge in [0.1, 0.15) is 11.6 Å². The van der Waals surface area contributed by atoms with Crippen LogP contribution in [0, 0.1) is 11.7 Å². The van der Waals surface area contributed by atoms with Gasteiger partial charge in [-0.2, -0.15) is 0 Å². The van der Waals surface area contributed by atoms with Crippen molar-refractivity contribution in [3.05, 3.63) is 29.6 Å². The van der Waals surface area contributed by atoms with Gasteiger partial charge in [0.25, 0.3) is 0 Å². The summed E-state index contributed by atoms with van der Waals surface area (Å²) in [7, 11) is 1.51. The van der Waals surface area contributed by atoms with E-state index < -0.39 is 0 Å². The number of morpholine rings is 1. The van der Waals surface area contributed by atoms with Gasteiger partial charge >= 0.3 is 0 Å². The van der Waals surface area contributed by atoms with Crippen molar-refractivity contribution in [2.75, 3.05) is 26.9 Å². The van der Waals surface area contributed by atoms with E-state index in [0.717, 1.165) is 19.3 Å². The number of rotatable bonds is 4. The second-order valence-electron chi connectivity index (χ2n) is 6.52. The van der Waals surface area contributed by atoms with Gasteiger partial charge in [0.05, 0.1) is 38.9 Å². The molecule has 1 saturated carbocycles. The van der Waals surface area contributed by atoms with Crippen molar-refractivity contribution in [3.63, 3.8) is 0 Å². The number of methoxy groups -OCH3 is 1. The monoisotopic (exact) mass is 337 g/mol. The third-order valence-corrected chi connectivity index (χ3v) is 5.10. The number of ether oxygens (including phenoxy) is 2. The molecular weight excluding hydrogens is 313 g/mol. The van der Waals surface area contributed by atoms with Crippen molar-refractivity contribution in [1.82, 2.24) is 4.90 Å². The van der Waals surface area contributed by atoms with E-state index in [1.54, 1.807) is 4.90 Å². The van der Waals surface area contributed by atoms with Gasteiger partial charge in [0.2, 0.25) is 5.91 Å². The Labute approximate surface area is 141 Å². The number of aliphatic hydroxyl groups is 1. The zero-order valence-electron chi connectivity index (χ0n) is 13.9. The van der Waals surface area contributed by atoms with Gasteiger partial charge in [-0.05, 0) is 31.0 Å². The summed E-state index contributed by atoms with van der Waals surface area (Å²) in [6.07, 6.45) is 2.36. The molecule has 2 aliphatic rings. The molecule has 1 heterocycles. The highest BCUT2D eigenvalue weighted by Crippen LogP contribution is 2.32. The Morgan fingerprint density at radius 1 is 1.46 bits per heavy atom. The van der Waals surface area contributed by atoms with E-state index in [1.807, 2.05) is 0 Å². The number of benzene rings is 1. The molecule has 3 atom stereocenters. The summed E-state index contributed by atoms with van der Waals surface area (Å²) in [4.78, 5) is 14.6. The van der Waals surface area contributed by atoms with Crippen LogP contribution < -0.4 is 4.74 Å².